The second-order valence-corrected chi connectivity index (χ2v) is 7.42. The van der Waals surface area contributed by atoms with E-state index in [1.165, 1.54) is 0 Å². The fourth-order valence-corrected chi connectivity index (χ4v) is 2.52. The summed E-state index contributed by atoms with van der Waals surface area (Å²) in [5, 5.41) is 12.0. The summed E-state index contributed by atoms with van der Waals surface area (Å²) in [4.78, 5) is 2.89. The van der Waals surface area contributed by atoms with Crippen LogP contribution in [0.15, 0.2) is 5.11 Å². The van der Waals surface area contributed by atoms with Gasteiger partial charge < -0.3 is 57.2 Å². The summed E-state index contributed by atoms with van der Waals surface area (Å²) in [7, 11) is 0. The van der Waals surface area contributed by atoms with Gasteiger partial charge in [-0.05, 0) is 0 Å². The smallest absolute Gasteiger partial charge is 0.214 e. The lowest BCUT2D eigenvalue weighted by molar-refractivity contribution is -0.0277. The number of ether oxygens (including phenoxy) is 11. The van der Waals surface area contributed by atoms with Crippen molar-refractivity contribution in [3.05, 3.63) is 0 Å². The van der Waals surface area contributed by atoms with Crippen LogP contribution >= 0.6 is 0 Å². The summed E-state index contributed by atoms with van der Waals surface area (Å²) in [5.41, 5.74) is 6.50. The average molecular weight is 573 g/mol. The maximum absolute atomic E-state index is 8.56. The Morgan fingerprint density at radius 2 is 0.564 bits per heavy atom. The molecule has 0 aliphatic carbocycles. The van der Waals surface area contributed by atoms with Gasteiger partial charge in [-0.25, -0.2) is 0 Å². The van der Waals surface area contributed by atoms with Crippen molar-refractivity contribution in [2.45, 2.75) is 0 Å². The fourth-order valence-electron chi connectivity index (χ4n) is 2.52. The summed E-state index contributed by atoms with van der Waals surface area (Å²) in [6, 6.07) is 0. The lowest BCUT2D eigenvalue weighted by Gasteiger charge is -2.09. The largest absolute Gasteiger partial charge is 0.394 e. The van der Waals surface area contributed by atoms with Gasteiger partial charge in [-0.3, -0.25) is 0 Å². The van der Waals surface area contributed by atoms with Crippen molar-refractivity contribution in [3.63, 3.8) is 0 Å². The molecule has 232 valence electrons. The van der Waals surface area contributed by atoms with E-state index < -0.39 is 0 Å². The highest BCUT2D eigenvalue weighted by Gasteiger charge is 1.96. The topological polar surface area (TPSA) is 172 Å². The first-order chi connectivity index (χ1) is 19.4. The predicted molar refractivity (Wildman–Crippen MR) is 138 cm³/mol. The fraction of sp³-hybridized carbons (Fsp3) is 1.00. The molecule has 2 N–H and O–H groups in total. The zero-order valence-corrected chi connectivity index (χ0v) is 23.3. The Morgan fingerprint density at radius 3 is 0.769 bits per heavy atom. The van der Waals surface area contributed by atoms with Gasteiger partial charge in [0.2, 0.25) is 4.91 Å². The Labute approximate surface area is 231 Å². The van der Waals surface area contributed by atoms with Crippen LogP contribution in [0.3, 0.4) is 0 Å². The average Bonchev–Trinajstić information content (AvgIpc) is 2.95. The first kappa shape index (κ1) is 37.8. The molecule has 0 aromatic carbocycles. The predicted octanol–water partition coefficient (Wildman–Crippen LogP) is -0.288. The van der Waals surface area contributed by atoms with Crippen LogP contribution < -0.4 is 4.91 Å². The van der Waals surface area contributed by atoms with E-state index in [2.05, 4.69) is 10.0 Å². The Bertz CT molecular complexity index is 505. The molecule has 0 saturated carbocycles. The van der Waals surface area contributed by atoms with Crippen LogP contribution in [0.1, 0.15) is 0 Å². The van der Waals surface area contributed by atoms with Crippen molar-refractivity contribution in [1.82, 2.24) is 4.91 Å². The van der Waals surface area contributed by atoms with Crippen molar-refractivity contribution in [3.8, 4) is 0 Å². The van der Waals surface area contributed by atoms with E-state index in [0.29, 0.717) is 152 Å². The Kier molecular flexibility index (Phi) is 35.7. The number of aliphatic hydroxyl groups is 1. The SMILES string of the molecule is N=[N+]=NCCOCCOCCOCCOCCOCCOCCOCCOCCOCCOCCOCCO. The molecule has 0 rings (SSSR count). The maximum Gasteiger partial charge on any atom is 0.214 e. The molecule has 0 heterocycles. The molecule has 0 aromatic rings. The molecule has 0 unspecified atom stereocenters. The van der Waals surface area contributed by atoms with E-state index in [-0.39, 0.29) is 6.61 Å². The number of hydrogen-bond donors (Lipinski definition) is 2. The molecule has 15 nitrogen and oxygen atoms in total. The zero-order chi connectivity index (χ0) is 28.2. The summed E-state index contributed by atoms with van der Waals surface area (Å²) >= 11 is 0. The third-order valence-electron chi connectivity index (χ3n) is 4.36. The van der Waals surface area contributed by atoms with Gasteiger partial charge in [0.05, 0.1) is 152 Å². The van der Waals surface area contributed by atoms with Crippen molar-refractivity contribution >= 4 is 0 Å². The summed E-state index contributed by atoms with van der Waals surface area (Å²) < 4.78 is 59.0. The van der Waals surface area contributed by atoms with Crippen molar-refractivity contribution in [2.24, 2.45) is 5.11 Å². The third kappa shape index (κ3) is 36.8. The molecule has 0 atom stereocenters. The molecule has 39 heavy (non-hydrogen) atoms. The molecule has 0 spiro atoms. The van der Waals surface area contributed by atoms with Crippen LogP contribution in [0, 0.1) is 5.53 Å². The van der Waals surface area contributed by atoms with Crippen LogP contribution in [-0.4, -0.2) is 164 Å². The minimum Gasteiger partial charge on any atom is -0.394 e. The zero-order valence-electron chi connectivity index (χ0n) is 23.3. The van der Waals surface area contributed by atoms with Gasteiger partial charge in [0.1, 0.15) is 17.2 Å². The highest BCUT2D eigenvalue weighted by molar-refractivity contribution is 4.39. The second kappa shape index (κ2) is 36.8. The van der Waals surface area contributed by atoms with Gasteiger partial charge in [0, 0.05) is 0 Å². The van der Waals surface area contributed by atoms with Crippen molar-refractivity contribution in [2.75, 3.05) is 159 Å². The lowest BCUT2D eigenvalue weighted by Crippen LogP contribution is -2.15. The summed E-state index contributed by atoms with van der Waals surface area (Å²) in [6.07, 6.45) is 0. The van der Waals surface area contributed by atoms with Gasteiger partial charge >= 0.3 is 0 Å². The number of hydrogen-bond acceptors (Lipinski definition) is 14. The molecule has 0 amide bonds. The molecule has 0 bridgehead atoms. The quantitative estimate of drug-likeness (QED) is 0.0578. The highest BCUT2D eigenvalue weighted by Crippen LogP contribution is 1.87. The molecule has 0 aliphatic heterocycles. The van der Waals surface area contributed by atoms with Crippen LogP contribution in [0.4, 0.5) is 0 Å². The van der Waals surface area contributed by atoms with E-state index in [9.17, 15) is 0 Å². The molecule has 0 aromatic heterocycles. The van der Waals surface area contributed by atoms with Crippen molar-refractivity contribution < 1.29 is 57.2 Å². The second-order valence-electron chi connectivity index (χ2n) is 7.42. The van der Waals surface area contributed by atoms with E-state index >= 15 is 0 Å². The van der Waals surface area contributed by atoms with Gasteiger partial charge in [-0.2, -0.15) is 0 Å². The summed E-state index contributed by atoms with van der Waals surface area (Å²) in [5.74, 6) is 0. The van der Waals surface area contributed by atoms with E-state index in [0.717, 1.165) is 0 Å². The van der Waals surface area contributed by atoms with E-state index in [1.54, 1.807) is 0 Å². The molecule has 0 aliphatic rings. The lowest BCUT2D eigenvalue weighted by atomic mass is 10.6. The first-order valence-corrected chi connectivity index (χ1v) is 13.4. The van der Waals surface area contributed by atoms with Gasteiger partial charge in [-0.15, -0.1) is 0 Å². The minimum absolute atomic E-state index is 0.0241. The number of rotatable bonds is 35. The molecular formula is C24H50N3O12+. The normalized spacial score (nSPS) is 11.2. The van der Waals surface area contributed by atoms with Crippen LogP contribution in [0.25, 0.3) is 0 Å². The summed E-state index contributed by atoms with van der Waals surface area (Å²) in [6.45, 7) is 11.1. The minimum atomic E-state index is 0.0241. The molecule has 0 fully saturated rings. The molecule has 0 radical (unpaired) electrons. The van der Waals surface area contributed by atoms with Crippen LogP contribution in [0.2, 0.25) is 0 Å². The first-order valence-electron chi connectivity index (χ1n) is 13.4. The standard InChI is InChI=1S/C24H50N3O12/c25-27-26-1-3-29-5-7-31-9-11-33-13-15-35-17-19-37-21-23-39-24-22-38-20-18-36-16-14-34-12-10-32-8-6-30-4-2-28/h25,28H,1-24H2/q+1. The third-order valence-corrected chi connectivity index (χ3v) is 4.36. The highest BCUT2D eigenvalue weighted by atomic mass is 16.6. The van der Waals surface area contributed by atoms with Gasteiger partial charge in [-0.1, -0.05) is 0 Å². The Morgan fingerprint density at radius 1 is 0.359 bits per heavy atom. The van der Waals surface area contributed by atoms with E-state index in [4.69, 9.17) is 62.7 Å². The van der Waals surface area contributed by atoms with Crippen molar-refractivity contribution in [1.29, 1.82) is 5.53 Å². The number of aliphatic hydroxyl groups excluding tert-OH is 1. The van der Waals surface area contributed by atoms with Crippen LogP contribution in [-0.2, 0) is 52.1 Å². The number of nitrogens with zero attached hydrogens (tertiary/aromatic N) is 2. The van der Waals surface area contributed by atoms with Gasteiger partial charge in [0.15, 0.2) is 0 Å². The Balaban J connectivity index is 3.02. The maximum atomic E-state index is 8.56. The monoisotopic (exact) mass is 572 g/mol. The number of nitrogens with one attached hydrogen (secondary N) is 1. The van der Waals surface area contributed by atoms with E-state index in [1.807, 2.05) is 0 Å². The van der Waals surface area contributed by atoms with Gasteiger partial charge in [0.25, 0.3) is 0 Å². The molecule has 0 saturated heterocycles. The molecular weight excluding hydrogens is 522 g/mol. The van der Waals surface area contributed by atoms with Crippen LogP contribution in [0.5, 0.6) is 0 Å². The molecule has 15 heteroatoms. The Hall–Kier alpha value is -1.17.